The van der Waals surface area contributed by atoms with Gasteiger partial charge >= 0.3 is 5.97 Å². The highest BCUT2D eigenvalue weighted by Gasteiger charge is 2.31. The number of primary amides is 1. The molecule has 0 fully saturated rings. The fraction of sp³-hybridized carbons (Fsp3) is 0.360. The van der Waals surface area contributed by atoms with Crippen LogP contribution < -0.4 is 10.5 Å². The maximum absolute atomic E-state index is 12.4. The van der Waals surface area contributed by atoms with Gasteiger partial charge in [-0.15, -0.1) is 0 Å². The molecule has 1 unspecified atom stereocenters. The number of ether oxygens (including phenoxy) is 2. The standard InChI is InChI=1S/C25H28N2O4/c1-16-10-12-17(13-11-16)14-27-19-7-4-3-6-18(25(26)29)23(19)24-20(27)8-5-9-21(24)31-15-22(28)30-2/h5,8-13,18H,3-4,6-7,14-15H2,1-2H3,(H2,26,29). The number of nitrogens with zero attached hydrogens (tertiary/aromatic N) is 1. The van der Waals surface area contributed by atoms with Gasteiger partial charge in [0.05, 0.1) is 18.5 Å². The topological polar surface area (TPSA) is 83.6 Å². The van der Waals surface area contributed by atoms with Crippen molar-refractivity contribution in [3.8, 4) is 5.75 Å². The number of nitrogens with two attached hydrogens (primary N) is 1. The average molecular weight is 421 g/mol. The van der Waals surface area contributed by atoms with Crippen LogP contribution in [-0.4, -0.2) is 30.2 Å². The third-order valence-corrected chi connectivity index (χ3v) is 6.08. The summed E-state index contributed by atoms with van der Waals surface area (Å²) in [5.74, 6) is -0.564. The average Bonchev–Trinajstić information content (AvgIpc) is 2.92. The van der Waals surface area contributed by atoms with Gasteiger partial charge in [0, 0.05) is 17.6 Å². The summed E-state index contributed by atoms with van der Waals surface area (Å²) in [7, 11) is 1.33. The molecule has 0 saturated carbocycles. The first kappa shape index (κ1) is 21.0. The van der Waals surface area contributed by atoms with Gasteiger partial charge in [-0.05, 0) is 49.4 Å². The normalized spacial score (nSPS) is 15.9. The molecule has 1 atom stereocenters. The monoisotopic (exact) mass is 420 g/mol. The molecule has 1 aliphatic carbocycles. The Hall–Kier alpha value is -3.28. The summed E-state index contributed by atoms with van der Waals surface area (Å²) in [6.07, 6.45) is 3.53. The Morgan fingerprint density at radius 1 is 1.13 bits per heavy atom. The number of carbonyl (C=O) groups excluding carboxylic acids is 2. The summed E-state index contributed by atoms with van der Waals surface area (Å²) in [6.45, 7) is 2.58. The van der Waals surface area contributed by atoms with E-state index in [4.69, 9.17) is 15.2 Å². The molecule has 3 aromatic rings. The van der Waals surface area contributed by atoms with E-state index < -0.39 is 5.97 Å². The summed E-state index contributed by atoms with van der Waals surface area (Å²) in [5.41, 5.74) is 11.3. The van der Waals surface area contributed by atoms with Crippen LogP contribution >= 0.6 is 0 Å². The number of fused-ring (bicyclic) bond motifs is 3. The van der Waals surface area contributed by atoms with Crippen LogP contribution in [0.3, 0.4) is 0 Å². The molecule has 0 saturated heterocycles. The minimum Gasteiger partial charge on any atom is -0.481 e. The minimum atomic E-state index is -0.450. The molecule has 6 nitrogen and oxygen atoms in total. The molecule has 2 aromatic carbocycles. The van der Waals surface area contributed by atoms with E-state index in [2.05, 4.69) is 35.8 Å². The maximum Gasteiger partial charge on any atom is 0.343 e. The number of hydrogen-bond acceptors (Lipinski definition) is 4. The van der Waals surface area contributed by atoms with E-state index >= 15 is 0 Å². The predicted molar refractivity (Wildman–Crippen MR) is 119 cm³/mol. The van der Waals surface area contributed by atoms with E-state index in [1.54, 1.807) is 0 Å². The third-order valence-electron chi connectivity index (χ3n) is 6.08. The summed E-state index contributed by atoms with van der Waals surface area (Å²) in [6, 6.07) is 14.3. The van der Waals surface area contributed by atoms with Crippen LogP contribution in [0.4, 0.5) is 0 Å². The van der Waals surface area contributed by atoms with Crippen molar-refractivity contribution < 1.29 is 19.1 Å². The lowest BCUT2D eigenvalue weighted by Gasteiger charge is -2.14. The minimum absolute atomic E-state index is 0.186. The van der Waals surface area contributed by atoms with Crippen LogP contribution in [0.2, 0.25) is 0 Å². The van der Waals surface area contributed by atoms with Crippen LogP contribution in [0.5, 0.6) is 5.75 Å². The van der Waals surface area contributed by atoms with Crippen molar-refractivity contribution in [2.45, 2.75) is 45.1 Å². The highest BCUT2D eigenvalue weighted by atomic mass is 16.6. The van der Waals surface area contributed by atoms with E-state index in [0.717, 1.165) is 47.8 Å². The molecule has 31 heavy (non-hydrogen) atoms. The number of carbonyl (C=O) groups is 2. The fourth-order valence-electron chi connectivity index (χ4n) is 4.54. The summed E-state index contributed by atoms with van der Waals surface area (Å²) >= 11 is 0. The molecule has 0 aliphatic heterocycles. The second kappa shape index (κ2) is 8.84. The smallest absolute Gasteiger partial charge is 0.343 e. The van der Waals surface area contributed by atoms with Crippen LogP contribution in [0, 0.1) is 6.92 Å². The number of rotatable bonds is 6. The van der Waals surface area contributed by atoms with Gasteiger partial charge in [-0.25, -0.2) is 4.79 Å². The van der Waals surface area contributed by atoms with Crippen molar-refractivity contribution in [3.63, 3.8) is 0 Å². The van der Waals surface area contributed by atoms with Crippen molar-refractivity contribution in [1.29, 1.82) is 0 Å². The van der Waals surface area contributed by atoms with E-state index in [1.165, 1.54) is 18.2 Å². The fourth-order valence-corrected chi connectivity index (χ4v) is 4.54. The summed E-state index contributed by atoms with van der Waals surface area (Å²) in [4.78, 5) is 24.1. The first-order chi connectivity index (χ1) is 15.0. The highest BCUT2D eigenvalue weighted by Crippen LogP contribution is 2.42. The zero-order valence-corrected chi connectivity index (χ0v) is 18.0. The highest BCUT2D eigenvalue weighted by molar-refractivity contribution is 5.97. The van der Waals surface area contributed by atoms with Crippen molar-refractivity contribution in [2.75, 3.05) is 13.7 Å². The van der Waals surface area contributed by atoms with Gasteiger partial charge in [0.2, 0.25) is 5.91 Å². The van der Waals surface area contributed by atoms with Crippen molar-refractivity contribution in [3.05, 3.63) is 64.8 Å². The van der Waals surface area contributed by atoms with E-state index in [-0.39, 0.29) is 18.4 Å². The van der Waals surface area contributed by atoms with Gasteiger partial charge in [-0.2, -0.15) is 0 Å². The number of amides is 1. The molecule has 6 heteroatoms. The Morgan fingerprint density at radius 2 is 1.90 bits per heavy atom. The maximum atomic E-state index is 12.4. The Kier molecular flexibility index (Phi) is 5.98. The first-order valence-corrected chi connectivity index (χ1v) is 10.7. The molecule has 162 valence electrons. The van der Waals surface area contributed by atoms with Gasteiger partial charge < -0.3 is 19.8 Å². The quantitative estimate of drug-likeness (QED) is 0.485. The van der Waals surface area contributed by atoms with Gasteiger partial charge in [-0.3, -0.25) is 4.79 Å². The lowest BCUT2D eigenvalue weighted by Crippen LogP contribution is -2.21. The van der Waals surface area contributed by atoms with Gasteiger partial charge in [-0.1, -0.05) is 42.3 Å². The molecule has 0 spiro atoms. The molecule has 0 radical (unpaired) electrons. The lowest BCUT2D eigenvalue weighted by molar-refractivity contribution is -0.142. The zero-order chi connectivity index (χ0) is 22.0. The summed E-state index contributed by atoms with van der Waals surface area (Å²) in [5, 5.41) is 0.874. The van der Waals surface area contributed by atoms with Gasteiger partial charge in [0.15, 0.2) is 6.61 Å². The van der Waals surface area contributed by atoms with Crippen LogP contribution in [0.15, 0.2) is 42.5 Å². The lowest BCUT2D eigenvalue weighted by atomic mass is 9.92. The van der Waals surface area contributed by atoms with E-state index in [9.17, 15) is 9.59 Å². The molecule has 4 rings (SSSR count). The Bertz CT molecular complexity index is 1110. The van der Waals surface area contributed by atoms with Gasteiger partial charge in [0.25, 0.3) is 0 Å². The number of methoxy groups -OCH3 is 1. The molecule has 1 aromatic heterocycles. The van der Waals surface area contributed by atoms with Crippen molar-refractivity contribution in [1.82, 2.24) is 4.57 Å². The number of esters is 1. The second-order valence-corrected chi connectivity index (χ2v) is 8.15. The molecule has 2 N–H and O–H groups in total. The van der Waals surface area contributed by atoms with E-state index in [1.807, 2.05) is 18.2 Å². The molecular weight excluding hydrogens is 392 g/mol. The van der Waals surface area contributed by atoms with Gasteiger partial charge in [0.1, 0.15) is 5.75 Å². The predicted octanol–water partition coefficient (Wildman–Crippen LogP) is 3.85. The number of benzene rings is 2. The Morgan fingerprint density at radius 3 is 2.61 bits per heavy atom. The molecule has 1 amide bonds. The van der Waals surface area contributed by atoms with Crippen molar-refractivity contribution in [2.24, 2.45) is 5.73 Å². The Balaban J connectivity index is 1.90. The molecular formula is C25H28N2O4. The van der Waals surface area contributed by atoms with E-state index in [0.29, 0.717) is 12.3 Å². The van der Waals surface area contributed by atoms with Crippen LogP contribution in [0.1, 0.15) is 47.6 Å². The van der Waals surface area contributed by atoms with Crippen LogP contribution in [0.25, 0.3) is 10.9 Å². The number of aryl methyl sites for hydroxylation is 1. The second-order valence-electron chi connectivity index (χ2n) is 8.15. The third kappa shape index (κ3) is 4.15. The number of hydrogen-bond donors (Lipinski definition) is 1. The molecule has 1 heterocycles. The van der Waals surface area contributed by atoms with Crippen molar-refractivity contribution >= 4 is 22.8 Å². The molecule has 0 bridgehead atoms. The van der Waals surface area contributed by atoms with Crippen LogP contribution in [-0.2, 0) is 27.3 Å². The zero-order valence-electron chi connectivity index (χ0n) is 18.0. The Labute approximate surface area is 181 Å². The summed E-state index contributed by atoms with van der Waals surface area (Å²) < 4.78 is 12.9. The largest absolute Gasteiger partial charge is 0.481 e. The SMILES string of the molecule is COC(=O)COc1cccc2c1c1c(n2Cc2ccc(C)cc2)CCCCC1C(N)=O. The number of aromatic nitrogens is 1. The molecule has 1 aliphatic rings. The first-order valence-electron chi connectivity index (χ1n) is 10.7.